The van der Waals surface area contributed by atoms with Crippen molar-refractivity contribution in [2.24, 2.45) is 0 Å². The van der Waals surface area contributed by atoms with Gasteiger partial charge in [-0.25, -0.2) is 4.98 Å². The van der Waals surface area contributed by atoms with Gasteiger partial charge in [0.25, 0.3) is 5.91 Å². The van der Waals surface area contributed by atoms with Crippen LogP contribution in [0, 0.1) is 6.92 Å². The third kappa shape index (κ3) is 3.45. The number of nitrogens with zero attached hydrogens (tertiary/aromatic N) is 1. The van der Waals surface area contributed by atoms with Crippen LogP contribution in [0.3, 0.4) is 0 Å². The molecule has 0 unspecified atom stereocenters. The highest BCUT2D eigenvalue weighted by molar-refractivity contribution is 7.09. The van der Waals surface area contributed by atoms with Crippen molar-refractivity contribution in [1.29, 1.82) is 0 Å². The second-order valence-electron chi connectivity index (χ2n) is 4.09. The van der Waals surface area contributed by atoms with Crippen LogP contribution in [-0.2, 0) is 6.42 Å². The Bertz CT molecular complexity index is 597. The number of anilines is 1. The molecule has 2 aromatic rings. The molecule has 1 heterocycles. The van der Waals surface area contributed by atoms with Crippen molar-refractivity contribution in [3.8, 4) is 0 Å². The van der Waals surface area contributed by atoms with Crippen molar-refractivity contribution < 1.29 is 4.79 Å². The number of carbonyl (C=O) groups excluding carboxylic acids is 1. The summed E-state index contributed by atoms with van der Waals surface area (Å²) in [6, 6.07) is 5.02. The summed E-state index contributed by atoms with van der Waals surface area (Å²) < 4.78 is 0. The molecule has 4 nitrogen and oxygen atoms in total. The Morgan fingerprint density at radius 2 is 2.32 bits per heavy atom. The minimum absolute atomic E-state index is 0.215. The normalized spacial score (nSPS) is 10.4. The van der Waals surface area contributed by atoms with Crippen molar-refractivity contribution in [2.75, 3.05) is 12.3 Å². The summed E-state index contributed by atoms with van der Waals surface area (Å²) in [6.07, 6.45) is 0.713. The maximum absolute atomic E-state index is 11.9. The molecule has 0 fully saturated rings. The smallest absolute Gasteiger partial charge is 0.253 e. The van der Waals surface area contributed by atoms with Gasteiger partial charge in [0.15, 0.2) is 0 Å². The Kier molecular flexibility index (Phi) is 4.39. The second-order valence-corrected chi connectivity index (χ2v) is 5.44. The number of amides is 1. The van der Waals surface area contributed by atoms with E-state index >= 15 is 0 Å². The number of aryl methyl sites for hydroxylation is 1. The molecule has 19 heavy (non-hydrogen) atoms. The highest BCUT2D eigenvalue weighted by atomic mass is 35.5. The zero-order valence-electron chi connectivity index (χ0n) is 10.4. The lowest BCUT2D eigenvalue weighted by atomic mass is 10.1. The fourth-order valence-corrected chi connectivity index (χ4v) is 2.58. The summed E-state index contributed by atoms with van der Waals surface area (Å²) in [6.45, 7) is 2.48. The Balaban J connectivity index is 1.93. The molecular weight excluding hydrogens is 282 g/mol. The van der Waals surface area contributed by atoms with Gasteiger partial charge in [-0.2, -0.15) is 0 Å². The number of para-hydroxylation sites is 1. The summed E-state index contributed by atoms with van der Waals surface area (Å²) in [7, 11) is 0. The molecule has 0 aliphatic rings. The van der Waals surface area contributed by atoms with Gasteiger partial charge < -0.3 is 11.1 Å². The van der Waals surface area contributed by atoms with Gasteiger partial charge in [0.05, 0.1) is 21.3 Å². The van der Waals surface area contributed by atoms with Crippen molar-refractivity contribution in [1.82, 2.24) is 10.3 Å². The number of rotatable bonds is 4. The lowest BCUT2D eigenvalue weighted by Crippen LogP contribution is -2.26. The van der Waals surface area contributed by atoms with Gasteiger partial charge in [-0.15, -0.1) is 11.3 Å². The van der Waals surface area contributed by atoms with E-state index in [1.807, 2.05) is 12.3 Å². The number of aromatic nitrogens is 1. The lowest BCUT2D eigenvalue weighted by Gasteiger charge is -2.07. The maximum Gasteiger partial charge on any atom is 0.253 e. The minimum atomic E-state index is -0.215. The Morgan fingerprint density at radius 1 is 1.53 bits per heavy atom. The first-order valence-electron chi connectivity index (χ1n) is 5.81. The van der Waals surface area contributed by atoms with E-state index in [0.29, 0.717) is 29.2 Å². The van der Waals surface area contributed by atoms with Crippen molar-refractivity contribution in [2.45, 2.75) is 13.3 Å². The molecule has 0 radical (unpaired) electrons. The molecule has 6 heteroatoms. The molecule has 2 rings (SSSR count). The highest BCUT2D eigenvalue weighted by Crippen LogP contribution is 2.22. The van der Waals surface area contributed by atoms with E-state index < -0.39 is 0 Å². The number of benzene rings is 1. The number of nitrogen functional groups attached to an aromatic ring is 1. The summed E-state index contributed by atoms with van der Waals surface area (Å²) in [5.41, 5.74) is 7.49. The molecule has 100 valence electrons. The SMILES string of the molecule is Cc1csc(CCNC(=O)c2cccc(Cl)c2N)n1. The highest BCUT2D eigenvalue weighted by Gasteiger charge is 2.11. The number of halogens is 1. The summed E-state index contributed by atoms with van der Waals surface area (Å²) in [5, 5.41) is 6.21. The average Bonchev–Trinajstić information content (AvgIpc) is 2.78. The summed E-state index contributed by atoms with van der Waals surface area (Å²) >= 11 is 7.47. The van der Waals surface area contributed by atoms with E-state index in [-0.39, 0.29) is 5.91 Å². The monoisotopic (exact) mass is 295 g/mol. The first kappa shape index (κ1) is 13.8. The molecule has 0 aliphatic heterocycles. The topological polar surface area (TPSA) is 68.0 Å². The molecule has 0 bridgehead atoms. The number of hydrogen-bond acceptors (Lipinski definition) is 4. The van der Waals surface area contributed by atoms with Crippen LogP contribution in [0.15, 0.2) is 23.6 Å². The summed E-state index contributed by atoms with van der Waals surface area (Å²) in [4.78, 5) is 16.3. The zero-order valence-corrected chi connectivity index (χ0v) is 12.0. The Labute approximate surface area is 120 Å². The molecule has 1 amide bonds. The largest absolute Gasteiger partial charge is 0.397 e. The van der Waals surface area contributed by atoms with Crippen LogP contribution in [0.2, 0.25) is 5.02 Å². The zero-order chi connectivity index (χ0) is 13.8. The second kappa shape index (κ2) is 6.04. The quantitative estimate of drug-likeness (QED) is 0.852. The van der Waals surface area contributed by atoms with Crippen molar-refractivity contribution >= 4 is 34.5 Å². The maximum atomic E-state index is 11.9. The van der Waals surface area contributed by atoms with Gasteiger partial charge in [0.2, 0.25) is 0 Å². The van der Waals surface area contributed by atoms with Crippen LogP contribution < -0.4 is 11.1 Å². The van der Waals surface area contributed by atoms with Crippen molar-refractivity contribution in [3.63, 3.8) is 0 Å². The van der Waals surface area contributed by atoms with E-state index in [9.17, 15) is 4.79 Å². The van der Waals surface area contributed by atoms with Gasteiger partial charge in [-0.05, 0) is 19.1 Å². The fraction of sp³-hybridized carbons (Fsp3) is 0.231. The van der Waals surface area contributed by atoms with E-state index in [1.165, 1.54) is 0 Å². The molecule has 0 saturated heterocycles. The average molecular weight is 296 g/mol. The van der Waals surface area contributed by atoms with E-state index in [4.69, 9.17) is 17.3 Å². The van der Waals surface area contributed by atoms with Crippen LogP contribution in [-0.4, -0.2) is 17.4 Å². The molecule has 0 aliphatic carbocycles. The van der Waals surface area contributed by atoms with Crippen LogP contribution in [0.5, 0.6) is 0 Å². The first-order valence-corrected chi connectivity index (χ1v) is 7.07. The number of carbonyl (C=O) groups is 1. The third-order valence-corrected chi connectivity index (χ3v) is 3.94. The first-order chi connectivity index (χ1) is 9.08. The fourth-order valence-electron chi connectivity index (χ4n) is 1.63. The predicted octanol–water partition coefficient (Wildman–Crippen LogP) is 2.66. The van der Waals surface area contributed by atoms with Crippen LogP contribution in [0.25, 0.3) is 0 Å². The van der Waals surface area contributed by atoms with Gasteiger partial charge in [-0.1, -0.05) is 17.7 Å². The van der Waals surface area contributed by atoms with Crippen molar-refractivity contribution in [3.05, 3.63) is 44.9 Å². The number of nitrogens with two attached hydrogens (primary N) is 1. The molecule has 0 saturated carbocycles. The minimum Gasteiger partial charge on any atom is -0.397 e. The standard InChI is InChI=1S/C13H14ClN3OS/c1-8-7-19-11(17-8)5-6-16-13(18)9-3-2-4-10(14)12(9)15/h2-4,7H,5-6,15H2,1H3,(H,16,18). The Hall–Kier alpha value is -1.59. The van der Waals surface area contributed by atoms with E-state index in [0.717, 1.165) is 10.7 Å². The molecule has 1 aromatic carbocycles. The van der Waals surface area contributed by atoms with Crippen LogP contribution >= 0.6 is 22.9 Å². The Morgan fingerprint density at radius 3 is 3.00 bits per heavy atom. The van der Waals surface area contributed by atoms with E-state index in [1.54, 1.807) is 29.5 Å². The number of nitrogens with one attached hydrogen (secondary N) is 1. The molecule has 3 N–H and O–H groups in total. The number of hydrogen-bond donors (Lipinski definition) is 2. The van der Waals surface area contributed by atoms with Gasteiger partial charge in [0.1, 0.15) is 0 Å². The number of thiazole rings is 1. The van der Waals surface area contributed by atoms with Gasteiger partial charge in [0, 0.05) is 24.0 Å². The molecule has 1 aromatic heterocycles. The molecular formula is C13H14ClN3OS. The third-order valence-electron chi connectivity index (χ3n) is 2.59. The summed E-state index contributed by atoms with van der Waals surface area (Å²) in [5.74, 6) is -0.215. The van der Waals surface area contributed by atoms with Crippen LogP contribution in [0.1, 0.15) is 21.1 Å². The van der Waals surface area contributed by atoms with Gasteiger partial charge >= 0.3 is 0 Å². The molecule has 0 spiro atoms. The van der Waals surface area contributed by atoms with Crippen LogP contribution in [0.4, 0.5) is 5.69 Å². The van der Waals surface area contributed by atoms with Gasteiger partial charge in [-0.3, -0.25) is 4.79 Å². The van der Waals surface area contributed by atoms with E-state index in [2.05, 4.69) is 10.3 Å². The molecule has 0 atom stereocenters. The lowest BCUT2D eigenvalue weighted by molar-refractivity contribution is 0.0955. The predicted molar refractivity (Wildman–Crippen MR) is 78.8 cm³/mol.